The first-order chi connectivity index (χ1) is 5.83. The number of aromatic nitrogens is 2. The molecular weight excluding hydrogens is 154 g/mol. The zero-order chi connectivity index (χ0) is 8.81. The Hall–Kier alpha value is -1.00. The fraction of sp³-hybridized carbons (Fsp3) is 0.500. The van der Waals surface area contributed by atoms with Crippen LogP contribution in [0.1, 0.15) is 12.2 Å². The molecule has 0 spiro atoms. The summed E-state index contributed by atoms with van der Waals surface area (Å²) in [5.41, 5.74) is 5.68. The van der Waals surface area contributed by atoms with Gasteiger partial charge in [0.1, 0.15) is 5.82 Å². The smallest absolute Gasteiger partial charge is 0.129 e. The highest BCUT2D eigenvalue weighted by Crippen LogP contribution is 1.96. The van der Waals surface area contributed by atoms with E-state index in [9.17, 15) is 0 Å². The molecule has 1 aromatic rings. The van der Waals surface area contributed by atoms with Crippen molar-refractivity contribution in [3.8, 4) is 0 Å². The van der Waals surface area contributed by atoms with E-state index < -0.39 is 0 Å². The molecule has 0 aliphatic carbocycles. The van der Waals surface area contributed by atoms with Gasteiger partial charge in [0.15, 0.2) is 0 Å². The van der Waals surface area contributed by atoms with Crippen molar-refractivity contribution in [3.05, 3.63) is 24.3 Å². The van der Waals surface area contributed by atoms with E-state index in [4.69, 9.17) is 10.8 Å². The summed E-state index contributed by atoms with van der Waals surface area (Å²) in [6, 6.07) is 1.72. The van der Waals surface area contributed by atoms with Gasteiger partial charge in [0.2, 0.25) is 0 Å². The molecule has 0 aliphatic heterocycles. The zero-order valence-corrected chi connectivity index (χ0v) is 6.85. The molecule has 0 bridgehead atoms. The van der Waals surface area contributed by atoms with Gasteiger partial charge in [-0.2, -0.15) is 0 Å². The van der Waals surface area contributed by atoms with Gasteiger partial charge in [-0.3, -0.25) is 0 Å². The summed E-state index contributed by atoms with van der Waals surface area (Å²) in [7, 11) is 0. The molecule has 3 N–H and O–H groups in total. The zero-order valence-electron chi connectivity index (χ0n) is 6.85. The van der Waals surface area contributed by atoms with Crippen molar-refractivity contribution >= 4 is 0 Å². The van der Waals surface area contributed by atoms with Crippen molar-refractivity contribution in [1.29, 1.82) is 0 Å². The fourth-order valence-electron chi connectivity index (χ4n) is 0.938. The second-order valence-corrected chi connectivity index (χ2v) is 2.64. The van der Waals surface area contributed by atoms with Gasteiger partial charge in [-0.25, -0.2) is 9.97 Å². The summed E-state index contributed by atoms with van der Waals surface area (Å²) in [5.74, 6) is 0.735. The van der Waals surface area contributed by atoms with Crippen molar-refractivity contribution in [2.75, 3.05) is 6.61 Å². The van der Waals surface area contributed by atoms with Gasteiger partial charge < -0.3 is 10.8 Å². The first-order valence-corrected chi connectivity index (χ1v) is 3.95. The van der Waals surface area contributed by atoms with E-state index >= 15 is 0 Å². The van der Waals surface area contributed by atoms with Crippen molar-refractivity contribution in [2.45, 2.75) is 18.9 Å². The maximum absolute atomic E-state index is 8.59. The molecule has 1 aromatic heterocycles. The summed E-state index contributed by atoms with van der Waals surface area (Å²) in [6.07, 6.45) is 4.60. The Morgan fingerprint density at radius 2 is 2.08 bits per heavy atom. The molecule has 12 heavy (non-hydrogen) atoms. The van der Waals surface area contributed by atoms with Gasteiger partial charge in [0, 0.05) is 31.5 Å². The van der Waals surface area contributed by atoms with Crippen molar-refractivity contribution in [1.82, 2.24) is 9.97 Å². The maximum atomic E-state index is 8.59. The van der Waals surface area contributed by atoms with E-state index in [1.807, 2.05) is 0 Å². The average molecular weight is 167 g/mol. The molecule has 0 radical (unpaired) electrons. The summed E-state index contributed by atoms with van der Waals surface area (Å²) >= 11 is 0. The summed E-state index contributed by atoms with van der Waals surface area (Å²) in [6.45, 7) is 0.119. The van der Waals surface area contributed by atoms with E-state index in [2.05, 4.69) is 9.97 Å². The minimum atomic E-state index is -0.0441. The van der Waals surface area contributed by atoms with Crippen LogP contribution in [0.5, 0.6) is 0 Å². The third-order valence-corrected chi connectivity index (χ3v) is 1.56. The average Bonchev–Trinajstić information content (AvgIpc) is 2.06. The summed E-state index contributed by atoms with van der Waals surface area (Å²) in [4.78, 5) is 8.06. The van der Waals surface area contributed by atoms with Gasteiger partial charge in [-0.1, -0.05) is 0 Å². The number of nitrogens with two attached hydrogens (primary N) is 1. The lowest BCUT2D eigenvalue weighted by atomic mass is 10.1. The van der Waals surface area contributed by atoms with Crippen LogP contribution in [0.15, 0.2) is 18.5 Å². The van der Waals surface area contributed by atoms with E-state index in [0.29, 0.717) is 12.8 Å². The number of aliphatic hydroxyl groups excluding tert-OH is 1. The number of aliphatic hydroxyl groups is 1. The molecule has 1 unspecified atom stereocenters. The van der Waals surface area contributed by atoms with Crippen molar-refractivity contribution < 1.29 is 5.11 Å². The Bertz CT molecular complexity index is 215. The predicted octanol–water partition coefficient (Wildman–Crippen LogP) is -0.271. The number of rotatable bonds is 4. The topological polar surface area (TPSA) is 72.0 Å². The molecule has 0 aromatic carbocycles. The minimum absolute atomic E-state index is 0.0441. The normalized spacial score (nSPS) is 12.8. The largest absolute Gasteiger partial charge is 0.396 e. The van der Waals surface area contributed by atoms with Crippen LogP contribution in [0.3, 0.4) is 0 Å². The fourth-order valence-corrected chi connectivity index (χ4v) is 0.938. The minimum Gasteiger partial charge on any atom is -0.396 e. The molecule has 0 fully saturated rings. The van der Waals surface area contributed by atoms with Crippen LogP contribution >= 0.6 is 0 Å². The predicted molar refractivity (Wildman–Crippen MR) is 45.4 cm³/mol. The monoisotopic (exact) mass is 167 g/mol. The van der Waals surface area contributed by atoms with E-state index in [-0.39, 0.29) is 12.6 Å². The van der Waals surface area contributed by atoms with Gasteiger partial charge in [-0.15, -0.1) is 0 Å². The third-order valence-electron chi connectivity index (χ3n) is 1.56. The summed E-state index contributed by atoms with van der Waals surface area (Å²) < 4.78 is 0. The molecule has 1 heterocycles. The molecule has 0 amide bonds. The molecule has 1 atom stereocenters. The highest BCUT2D eigenvalue weighted by molar-refractivity contribution is 4.91. The molecule has 4 heteroatoms. The highest BCUT2D eigenvalue weighted by atomic mass is 16.3. The lowest BCUT2D eigenvalue weighted by Gasteiger charge is -2.07. The first-order valence-electron chi connectivity index (χ1n) is 3.95. The number of hydrogen-bond donors (Lipinski definition) is 2. The molecule has 66 valence electrons. The highest BCUT2D eigenvalue weighted by Gasteiger charge is 2.03. The third kappa shape index (κ3) is 2.94. The Morgan fingerprint density at radius 3 is 2.67 bits per heavy atom. The Labute approximate surface area is 71.5 Å². The second kappa shape index (κ2) is 4.79. The van der Waals surface area contributed by atoms with Crippen molar-refractivity contribution in [3.63, 3.8) is 0 Å². The van der Waals surface area contributed by atoms with Crippen LogP contribution in [0.25, 0.3) is 0 Å². The van der Waals surface area contributed by atoms with E-state index in [1.54, 1.807) is 18.5 Å². The Kier molecular flexibility index (Phi) is 3.63. The molecule has 0 saturated carbocycles. The SMILES string of the molecule is NC(CCO)Cc1ncccn1. The van der Waals surface area contributed by atoms with E-state index in [1.165, 1.54) is 0 Å². The molecule has 4 nitrogen and oxygen atoms in total. The quantitative estimate of drug-likeness (QED) is 0.647. The van der Waals surface area contributed by atoms with Crippen LogP contribution in [0, 0.1) is 0 Å². The van der Waals surface area contributed by atoms with Gasteiger partial charge >= 0.3 is 0 Å². The Balaban J connectivity index is 2.41. The second-order valence-electron chi connectivity index (χ2n) is 2.64. The first kappa shape index (κ1) is 9.09. The molecule has 0 saturated heterocycles. The lowest BCUT2D eigenvalue weighted by Crippen LogP contribution is -2.24. The van der Waals surface area contributed by atoms with Crippen LogP contribution in [-0.2, 0) is 6.42 Å². The maximum Gasteiger partial charge on any atom is 0.129 e. The summed E-state index contributed by atoms with van der Waals surface area (Å²) in [5, 5.41) is 8.59. The van der Waals surface area contributed by atoms with Gasteiger partial charge in [0.05, 0.1) is 0 Å². The Morgan fingerprint density at radius 1 is 1.42 bits per heavy atom. The van der Waals surface area contributed by atoms with Crippen molar-refractivity contribution in [2.24, 2.45) is 5.73 Å². The molecular formula is C8H13N3O. The molecule has 1 rings (SSSR count). The standard InChI is InChI=1S/C8H13N3O/c9-7(2-5-12)6-8-10-3-1-4-11-8/h1,3-4,7,12H,2,5-6,9H2. The number of nitrogens with zero attached hydrogens (tertiary/aromatic N) is 2. The molecule has 0 aliphatic rings. The van der Waals surface area contributed by atoms with Crippen LogP contribution in [0.4, 0.5) is 0 Å². The van der Waals surface area contributed by atoms with Crippen LogP contribution < -0.4 is 5.73 Å². The van der Waals surface area contributed by atoms with Gasteiger partial charge in [-0.05, 0) is 12.5 Å². The van der Waals surface area contributed by atoms with E-state index in [0.717, 1.165) is 5.82 Å². The number of hydrogen-bond acceptors (Lipinski definition) is 4. The van der Waals surface area contributed by atoms with Crippen LogP contribution in [0.2, 0.25) is 0 Å². The lowest BCUT2D eigenvalue weighted by molar-refractivity contribution is 0.275. The van der Waals surface area contributed by atoms with Gasteiger partial charge in [0.25, 0.3) is 0 Å². The van der Waals surface area contributed by atoms with Crippen LogP contribution in [-0.4, -0.2) is 27.7 Å².